The first-order chi connectivity index (χ1) is 10.3. The lowest BCUT2D eigenvalue weighted by Crippen LogP contribution is -2.46. The molecule has 22 heavy (non-hydrogen) atoms. The fourth-order valence-corrected chi connectivity index (χ4v) is 2.78. The minimum atomic E-state index is -4.37. The van der Waals surface area contributed by atoms with Gasteiger partial charge in [-0.15, -0.1) is 0 Å². The molecule has 0 radical (unpaired) electrons. The van der Waals surface area contributed by atoms with E-state index in [0.717, 1.165) is 0 Å². The molecule has 0 unspecified atom stereocenters. The van der Waals surface area contributed by atoms with E-state index in [0.29, 0.717) is 26.2 Å². The highest BCUT2D eigenvalue weighted by molar-refractivity contribution is 5.43. The number of aromatic hydroxyl groups is 1. The van der Waals surface area contributed by atoms with Gasteiger partial charge in [0.15, 0.2) is 0 Å². The number of hydrogen-bond acceptors (Lipinski definition) is 5. The van der Waals surface area contributed by atoms with Gasteiger partial charge in [0, 0.05) is 49.5 Å². The molecule has 1 aliphatic rings. The van der Waals surface area contributed by atoms with Crippen LogP contribution in [0.15, 0.2) is 6.20 Å². The molecule has 1 aliphatic heterocycles. The fourth-order valence-electron chi connectivity index (χ4n) is 2.78. The second-order valence-corrected chi connectivity index (χ2v) is 5.41. The molecule has 1 atom stereocenters. The summed E-state index contributed by atoms with van der Waals surface area (Å²) in [6.07, 6.45) is -4.11. The van der Waals surface area contributed by atoms with E-state index in [1.807, 2.05) is 0 Å². The summed E-state index contributed by atoms with van der Waals surface area (Å²) < 4.78 is 39.0. The molecular formula is C14H20F3N3O2. The molecule has 0 saturated carbocycles. The first-order valence-corrected chi connectivity index (χ1v) is 7.13. The van der Waals surface area contributed by atoms with Crippen molar-refractivity contribution in [2.75, 3.05) is 26.2 Å². The molecule has 0 aliphatic carbocycles. The van der Waals surface area contributed by atoms with Crippen molar-refractivity contribution < 1.29 is 23.4 Å². The predicted molar refractivity (Wildman–Crippen MR) is 74.4 cm³/mol. The SMILES string of the molecule is Cc1ncc(CO)c([C@@H](CC(F)(F)F)N2CCNCC2)c1O. The molecule has 2 rings (SSSR count). The van der Waals surface area contributed by atoms with Crippen LogP contribution in [-0.2, 0) is 6.61 Å². The van der Waals surface area contributed by atoms with Crippen LogP contribution in [0.3, 0.4) is 0 Å². The topological polar surface area (TPSA) is 68.6 Å². The molecule has 0 amide bonds. The Hall–Kier alpha value is -1.38. The summed E-state index contributed by atoms with van der Waals surface area (Å²) >= 11 is 0. The van der Waals surface area contributed by atoms with Crippen LogP contribution in [0.4, 0.5) is 13.2 Å². The van der Waals surface area contributed by atoms with Crippen LogP contribution in [0.2, 0.25) is 0 Å². The Labute approximate surface area is 126 Å². The zero-order chi connectivity index (χ0) is 16.3. The molecule has 1 aromatic rings. The predicted octanol–water partition coefficient (Wildman–Crippen LogP) is 1.49. The maximum atomic E-state index is 13.0. The van der Waals surface area contributed by atoms with Crippen LogP contribution >= 0.6 is 0 Å². The Morgan fingerprint density at radius 3 is 2.55 bits per heavy atom. The Bertz CT molecular complexity index is 517. The average molecular weight is 319 g/mol. The van der Waals surface area contributed by atoms with E-state index in [2.05, 4.69) is 10.3 Å². The van der Waals surface area contributed by atoms with Gasteiger partial charge in [0.05, 0.1) is 18.7 Å². The summed E-state index contributed by atoms with van der Waals surface area (Å²) in [5.41, 5.74) is 0.625. The van der Waals surface area contributed by atoms with E-state index in [-0.39, 0.29) is 22.6 Å². The van der Waals surface area contributed by atoms with Crippen molar-refractivity contribution in [1.82, 2.24) is 15.2 Å². The zero-order valence-electron chi connectivity index (χ0n) is 12.3. The number of alkyl halides is 3. The number of aliphatic hydroxyl groups is 1. The molecule has 1 fully saturated rings. The first-order valence-electron chi connectivity index (χ1n) is 7.13. The Morgan fingerprint density at radius 2 is 2.00 bits per heavy atom. The van der Waals surface area contributed by atoms with Crippen LogP contribution in [0.25, 0.3) is 0 Å². The summed E-state index contributed by atoms with van der Waals surface area (Å²) in [4.78, 5) is 5.60. The van der Waals surface area contributed by atoms with Crippen molar-refractivity contribution in [2.24, 2.45) is 0 Å². The standard InChI is InChI=1S/C14H20F3N3O2/c1-9-13(22)12(10(8-21)7-19-9)11(6-14(15,16)17)20-4-2-18-3-5-20/h7,11,18,21-22H,2-6,8H2,1H3/t11-/m1/s1. The van der Waals surface area contributed by atoms with Gasteiger partial charge in [0.1, 0.15) is 5.75 Å². The van der Waals surface area contributed by atoms with Gasteiger partial charge < -0.3 is 15.5 Å². The van der Waals surface area contributed by atoms with Gasteiger partial charge in [-0.3, -0.25) is 9.88 Å². The van der Waals surface area contributed by atoms with E-state index in [1.54, 1.807) is 4.90 Å². The van der Waals surface area contributed by atoms with Crippen LogP contribution in [-0.4, -0.2) is 52.5 Å². The van der Waals surface area contributed by atoms with Crippen LogP contribution in [0.5, 0.6) is 5.75 Å². The fraction of sp³-hybridized carbons (Fsp3) is 0.643. The maximum absolute atomic E-state index is 13.0. The summed E-state index contributed by atoms with van der Waals surface area (Å²) in [6, 6.07) is -1.02. The molecule has 3 N–H and O–H groups in total. The number of hydrogen-bond donors (Lipinski definition) is 3. The highest BCUT2D eigenvalue weighted by Gasteiger charge is 2.38. The highest BCUT2D eigenvalue weighted by Crippen LogP contribution is 2.40. The summed E-state index contributed by atoms with van der Waals surface area (Å²) in [5, 5.41) is 22.7. The molecule has 0 aromatic carbocycles. The van der Waals surface area contributed by atoms with E-state index < -0.39 is 25.2 Å². The number of aromatic nitrogens is 1. The van der Waals surface area contributed by atoms with Crippen molar-refractivity contribution in [3.05, 3.63) is 23.0 Å². The van der Waals surface area contributed by atoms with Gasteiger partial charge in [-0.1, -0.05) is 0 Å². The third kappa shape index (κ3) is 3.88. The third-order valence-electron chi connectivity index (χ3n) is 3.88. The maximum Gasteiger partial charge on any atom is 0.390 e. The molecule has 1 saturated heterocycles. The largest absolute Gasteiger partial charge is 0.506 e. The third-order valence-corrected chi connectivity index (χ3v) is 3.88. The number of piperazine rings is 1. The number of aryl methyl sites for hydroxylation is 1. The average Bonchev–Trinajstić information content (AvgIpc) is 2.48. The van der Waals surface area contributed by atoms with E-state index in [4.69, 9.17) is 0 Å². The van der Waals surface area contributed by atoms with Crippen LogP contribution in [0, 0.1) is 6.92 Å². The molecule has 0 spiro atoms. The van der Waals surface area contributed by atoms with Crippen molar-refractivity contribution >= 4 is 0 Å². The molecule has 0 bridgehead atoms. The van der Waals surface area contributed by atoms with E-state index >= 15 is 0 Å². The van der Waals surface area contributed by atoms with Crippen molar-refractivity contribution in [3.8, 4) is 5.75 Å². The normalized spacial score (nSPS) is 18.4. The molecule has 2 heterocycles. The molecule has 124 valence electrons. The quantitative estimate of drug-likeness (QED) is 0.784. The number of rotatable bonds is 4. The molecular weight excluding hydrogens is 299 g/mol. The lowest BCUT2D eigenvalue weighted by Gasteiger charge is -2.36. The van der Waals surface area contributed by atoms with Crippen molar-refractivity contribution in [2.45, 2.75) is 32.2 Å². The van der Waals surface area contributed by atoms with E-state index in [1.165, 1.54) is 13.1 Å². The Balaban J connectivity index is 2.45. The Morgan fingerprint density at radius 1 is 1.36 bits per heavy atom. The van der Waals surface area contributed by atoms with Gasteiger partial charge in [-0.2, -0.15) is 13.2 Å². The van der Waals surface area contributed by atoms with Gasteiger partial charge in [-0.05, 0) is 6.92 Å². The number of pyridine rings is 1. The summed E-state index contributed by atoms with van der Waals surface area (Å²) in [7, 11) is 0. The van der Waals surface area contributed by atoms with Crippen molar-refractivity contribution in [3.63, 3.8) is 0 Å². The molecule has 5 nitrogen and oxygen atoms in total. The summed E-state index contributed by atoms with van der Waals surface area (Å²) in [5.74, 6) is -0.265. The monoisotopic (exact) mass is 319 g/mol. The van der Waals surface area contributed by atoms with Gasteiger partial charge >= 0.3 is 6.18 Å². The highest BCUT2D eigenvalue weighted by atomic mass is 19.4. The van der Waals surface area contributed by atoms with Gasteiger partial charge in [0.25, 0.3) is 0 Å². The second-order valence-electron chi connectivity index (χ2n) is 5.41. The molecule has 1 aromatic heterocycles. The van der Waals surface area contributed by atoms with Crippen LogP contribution in [0.1, 0.15) is 29.3 Å². The lowest BCUT2D eigenvalue weighted by molar-refractivity contribution is -0.149. The number of halogens is 3. The minimum absolute atomic E-state index is 0.134. The first kappa shape index (κ1) is 17.0. The summed E-state index contributed by atoms with van der Waals surface area (Å²) in [6.45, 7) is 3.15. The smallest absolute Gasteiger partial charge is 0.390 e. The number of nitrogens with one attached hydrogen (secondary N) is 1. The minimum Gasteiger partial charge on any atom is -0.506 e. The number of aliphatic hydroxyl groups excluding tert-OH is 1. The number of nitrogens with zero attached hydrogens (tertiary/aromatic N) is 2. The lowest BCUT2D eigenvalue weighted by atomic mass is 9.95. The van der Waals surface area contributed by atoms with Crippen molar-refractivity contribution in [1.29, 1.82) is 0 Å². The Kier molecular flexibility index (Phi) is 5.25. The van der Waals surface area contributed by atoms with Gasteiger partial charge in [-0.25, -0.2) is 0 Å². The second kappa shape index (κ2) is 6.80. The zero-order valence-corrected chi connectivity index (χ0v) is 12.3. The van der Waals surface area contributed by atoms with E-state index in [9.17, 15) is 23.4 Å². The van der Waals surface area contributed by atoms with Crippen LogP contribution < -0.4 is 5.32 Å². The van der Waals surface area contributed by atoms with Gasteiger partial charge in [0.2, 0.25) is 0 Å². The molecule has 8 heteroatoms.